The molecular weight excluding hydrogens is 268 g/mol. The van der Waals surface area contributed by atoms with Gasteiger partial charge in [-0.25, -0.2) is 8.78 Å². The van der Waals surface area contributed by atoms with Crippen LogP contribution in [-0.2, 0) is 0 Å². The number of hydrogen-bond acceptors (Lipinski definition) is 1. The molecule has 0 aromatic heterocycles. The number of nitrogens with two attached hydrogens (primary N) is 1. The molecule has 0 bridgehead atoms. The van der Waals surface area contributed by atoms with E-state index in [2.05, 4.69) is 6.92 Å². The van der Waals surface area contributed by atoms with Crippen LogP contribution in [-0.4, -0.2) is 6.04 Å². The number of benzene rings is 2. The van der Waals surface area contributed by atoms with Gasteiger partial charge in [-0.2, -0.15) is 0 Å². The summed E-state index contributed by atoms with van der Waals surface area (Å²) < 4.78 is 27.2. The third-order valence-electron chi connectivity index (χ3n) is 3.99. The van der Waals surface area contributed by atoms with Gasteiger partial charge in [0.1, 0.15) is 11.6 Å². The van der Waals surface area contributed by atoms with Crippen molar-refractivity contribution in [1.29, 1.82) is 0 Å². The second kappa shape index (κ2) is 6.81. The zero-order chi connectivity index (χ0) is 15.4. The van der Waals surface area contributed by atoms with Crippen LogP contribution in [0.3, 0.4) is 0 Å². The fourth-order valence-electron chi connectivity index (χ4n) is 3.00. The Morgan fingerprint density at radius 2 is 1.43 bits per heavy atom. The molecule has 112 valence electrons. The summed E-state index contributed by atoms with van der Waals surface area (Å²) in [5, 5.41) is 0. The normalized spacial score (nSPS) is 14.2. The van der Waals surface area contributed by atoms with E-state index in [0.29, 0.717) is 0 Å². The third-order valence-corrected chi connectivity index (χ3v) is 3.99. The van der Waals surface area contributed by atoms with Crippen LogP contribution in [0.2, 0.25) is 0 Å². The van der Waals surface area contributed by atoms with Crippen LogP contribution < -0.4 is 5.73 Å². The molecule has 0 amide bonds. The summed E-state index contributed by atoms with van der Waals surface area (Å²) in [6, 6.07) is 12.9. The summed E-state index contributed by atoms with van der Waals surface area (Å²) >= 11 is 0. The molecule has 0 fully saturated rings. The van der Waals surface area contributed by atoms with E-state index in [-0.39, 0.29) is 29.5 Å². The maximum atomic E-state index is 13.6. The quantitative estimate of drug-likeness (QED) is 0.863. The largest absolute Gasteiger partial charge is 0.328 e. The predicted molar refractivity (Wildman–Crippen MR) is 82.1 cm³/mol. The molecule has 0 aliphatic heterocycles. The highest BCUT2D eigenvalue weighted by Gasteiger charge is 2.27. The molecule has 0 saturated carbocycles. The van der Waals surface area contributed by atoms with Crippen molar-refractivity contribution < 1.29 is 8.78 Å². The van der Waals surface area contributed by atoms with E-state index in [1.165, 1.54) is 24.3 Å². The minimum absolute atomic E-state index is 0.0634. The fourth-order valence-corrected chi connectivity index (χ4v) is 3.00. The lowest BCUT2D eigenvalue weighted by Gasteiger charge is -2.30. The van der Waals surface area contributed by atoms with Gasteiger partial charge in [-0.1, -0.05) is 37.6 Å². The topological polar surface area (TPSA) is 26.0 Å². The van der Waals surface area contributed by atoms with E-state index in [0.717, 1.165) is 17.5 Å². The van der Waals surface area contributed by atoms with E-state index in [1.807, 2.05) is 19.1 Å². The van der Waals surface area contributed by atoms with Gasteiger partial charge in [-0.05, 0) is 48.2 Å². The van der Waals surface area contributed by atoms with Crippen LogP contribution >= 0.6 is 0 Å². The molecule has 2 aromatic carbocycles. The van der Waals surface area contributed by atoms with Crippen LogP contribution in [0, 0.1) is 17.6 Å². The van der Waals surface area contributed by atoms with Crippen molar-refractivity contribution >= 4 is 0 Å². The average Bonchev–Trinajstić information content (AvgIpc) is 2.44. The molecule has 2 aromatic rings. The first kappa shape index (κ1) is 15.6. The van der Waals surface area contributed by atoms with E-state index in [4.69, 9.17) is 5.73 Å². The molecule has 1 nitrogen and oxygen atoms in total. The van der Waals surface area contributed by atoms with E-state index in [9.17, 15) is 8.78 Å². The Hall–Kier alpha value is -1.74. The van der Waals surface area contributed by atoms with Crippen molar-refractivity contribution in [3.05, 3.63) is 71.3 Å². The number of rotatable bonds is 5. The maximum Gasteiger partial charge on any atom is 0.123 e. The molecule has 0 spiro atoms. The van der Waals surface area contributed by atoms with Gasteiger partial charge in [0.2, 0.25) is 0 Å². The van der Waals surface area contributed by atoms with Crippen molar-refractivity contribution in [2.75, 3.05) is 0 Å². The van der Waals surface area contributed by atoms with E-state index < -0.39 is 0 Å². The Balaban J connectivity index is 2.53. The summed E-state index contributed by atoms with van der Waals surface area (Å²) in [5.41, 5.74) is 7.79. The lowest BCUT2D eigenvalue weighted by Crippen LogP contribution is -2.31. The van der Waals surface area contributed by atoms with Crippen molar-refractivity contribution in [2.45, 2.75) is 32.2 Å². The third kappa shape index (κ3) is 3.67. The molecular formula is C18H21F2N. The van der Waals surface area contributed by atoms with Crippen LogP contribution in [0.5, 0.6) is 0 Å². The van der Waals surface area contributed by atoms with Crippen molar-refractivity contribution in [3.8, 4) is 0 Å². The number of hydrogen-bond donors (Lipinski definition) is 1. The fraction of sp³-hybridized carbons (Fsp3) is 0.333. The van der Waals surface area contributed by atoms with Gasteiger partial charge in [-0.15, -0.1) is 0 Å². The Bertz CT molecular complexity index is 550. The summed E-state index contributed by atoms with van der Waals surface area (Å²) in [4.78, 5) is 0. The minimum Gasteiger partial charge on any atom is -0.328 e. The molecule has 2 rings (SSSR count). The highest BCUT2D eigenvalue weighted by atomic mass is 19.1. The first-order valence-electron chi connectivity index (χ1n) is 7.29. The summed E-state index contributed by atoms with van der Waals surface area (Å²) in [5.74, 6) is -0.558. The summed E-state index contributed by atoms with van der Waals surface area (Å²) in [6.45, 7) is 4.00. The number of halogens is 2. The molecule has 3 heteroatoms. The highest BCUT2D eigenvalue weighted by Crippen LogP contribution is 2.36. The Kier molecular flexibility index (Phi) is 5.07. The molecule has 2 unspecified atom stereocenters. The van der Waals surface area contributed by atoms with Gasteiger partial charge in [-0.3, -0.25) is 0 Å². The molecule has 2 N–H and O–H groups in total. The monoisotopic (exact) mass is 289 g/mol. The second-order valence-electron chi connectivity index (χ2n) is 5.52. The van der Waals surface area contributed by atoms with Crippen molar-refractivity contribution in [1.82, 2.24) is 0 Å². The summed E-state index contributed by atoms with van der Waals surface area (Å²) in [6.07, 6.45) is 0.843. The van der Waals surface area contributed by atoms with E-state index >= 15 is 0 Å². The molecule has 0 aliphatic carbocycles. The summed E-state index contributed by atoms with van der Waals surface area (Å²) in [7, 11) is 0. The Labute approximate surface area is 124 Å². The molecule has 0 radical (unpaired) electrons. The van der Waals surface area contributed by atoms with E-state index in [1.54, 1.807) is 12.1 Å². The Morgan fingerprint density at radius 1 is 0.952 bits per heavy atom. The van der Waals surface area contributed by atoms with Gasteiger partial charge in [0.05, 0.1) is 0 Å². The highest BCUT2D eigenvalue weighted by molar-refractivity contribution is 5.34. The van der Waals surface area contributed by atoms with Crippen LogP contribution in [0.25, 0.3) is 0 Å². The standard InChI is InChI=1S/C18H21F2N/c1-3-17(12(2)21)18(13-6-4-8-15(19)10-13)14-7-5-9-16(20)11-14/h4-12,17-18H,3,21H2,1-2H3. The van der Waals surface area contributed by atoms with Crippen LogP contribution in [0.4, 0.5) is 8.78 Å². The molecule has 2 atom stereocenters. The van der Waals surface area contributed by atoms with Gasteiger partial charge < -0.3 is 5.73 Å². The van der Waals surface area contributed by atoms with Crippen LogP contribution in [0.1, 0.15) is 37.3 Å². The van der Waals surface area contributed by atoms with Gasteiger partial charge in [0.15, 0.2) is 0 Å². The molecule has 21 heavy (non-hydrogen) atoms. The first-order valence-corrected chi connectivity index (χ1v) is 7.29. The maximum absolute atomic E-state index is 13.6. The molecule has 0 saturated heterocycles. The Morgan fingerprint density at radius 3 is 1.76 bits per heavy atom. The smallest absolute Gasteiger partial charge is 0.123 e. The van der Waals surface area contributed by atoms with Gasteiger partial charge in [0, 0.05) is 12.0 Å². The lowest BCUT2D eigenvalue weighted by atomic mass is 9.76. The zero-order valence-corrected chi connectivity index (χ0v) is 12.4. The second-order valence-corrected chi connectivity index (χ2v) is 5.52. The van der Waals surface area contributed by atoms with Gasteiger partial charge in [0.25, 0.3) is 0 Å². The predicted octanol–water partition coefficient (Wildman–Crippen LogP) is 4.47. The molecule has 0 heterocycles. The minimum atomic E-state index is -0.284. The lowest BCUT2D eigenvalue weighted by molar-refractivity contribution is 0.384. The SMILES string of the molecule is CCC(C(C)N)C(c1cccc(F)c1)c1cccc(F)c1. The molecule has 0 aliphatic rings. The zero-order valence-electron chi connectivity index (χ0n) is 12.4. The van der Waals surface area contributed by atoms with Crippen LogP contribution in [0.15, 0.2) is 48.5 Å². The first-order chi connectivity index (χ1) is 10.0. The average molecular weight is 289 g/mol. The van der Waals surface area contributed by atoms with Crippen molar-refractivity contribution in [2.24, 2.45) is 11.7 Å². The van der Waals surface area contributed by atoms with Crippen molar-refractivity contribution in [3.63, 3.8) is 0 Å². The van der Waals surface area contributed by atoms with Gasteiger partial charge >= 0.3 is 0 Å².